The molecule has 1 heterocycles. The first-order valence-corrected chi connectivity index (χ1v) is 8.61. The zero-order valence-corrected chi connectivity index (χ0v) is 14.9. The second-order valence-electron chi connectivity index (χ2n) is 5.78. The number of nitrogens with one attached hydrogen (secondary N) is 1. The number of carboxylic acid groups (broad SMARTS) is 1. The first-order chi connectivity index (χ1) is 12.5. The van der Waals surface area contributed by atoms with Gasteiger partial charge in [0.2, 0.25) is 11.7 Å². The number of nitrogens with zero attached hydrogens (tertiary/aromatic N) is 2. The van der Waals surface area contributed by atoms with E-state index in [9.17, 15) is 14.7 Å². The summed E-state index contributed by atoms with van der Waals surface area (Å²) in [6.45, 7) is 4.04. The normalized spacial score (nSPS) is 11.8. The van der Waals surface area contributed by atoms with Crippen LogP contribution < -0.4 is 10.1 Å². The summed E-state index contributed by atoms with van der Waals surface area (Å²) in [6.07, 6.45) is 2.67. The largest absolute Gasteiger partial charge is 0.485 e. The van der Waals surface area contributed by atoms with E-state index in [1.807, 2.05) is 13.8 Å². The highest BCUT2D eigenvalue weighted by Crippen LogP contribution is 2.14. The van der Waals surface area contributed by atoms with Crippen molar-refractivity contribution in [2.24, 2.45) is 0 Å². The van der Waals surface area contributed by atoms with E-state index in [1.165, 1.54) is 0 Å². The van der Waals surface area contributed by atoms with E-state index in [-0.39, 0.29) is 6.61 Å². The molecule has 0 saturated carbocycles. The Hall–Kier alpha value is -2.90. The van der Waals surface area contributed by atoms with Crippen molar-refractivity contribution < 1.29 is 24.0 Å². The van der Waals surface area contributed by atoms with Gasteiger partial charge in [0.25, 0.3) is 5.91 Å². The number of aliphatic carboxylic acids is 1. The monoisotopic (exact) mass is 361 g/mol. The van der Waals surface area contributed by atoms with E-state index in [2.05, 4.69) is 15.5 Å². The van der Waals surface area contributed by atoms with Crippen LogP contribution in [-0.4, -0.2) is 33.2 Å². The zero-order chi connectivity index (χ0) is 18.9. The molecule has 0 fully saturated rings. The van der Waals surface area contributed by atoms with Crippen LogP contribution in [0.5, 0.6) is 5.75 Å². The molecule has 0 saturated heterocycles. The quantitative estimate of drug-likeness (QED) is 0.668. The van der Waals surface area contributed by atoms with Crippen molar-refractivity contribution >= 4 is 11.9 Å². The van der Waals surface area contributed by atoms with Gasteiger partial charge in [-0.2, -0.15) is 4.98 Å². The number of hydrogen-bond acceptors (Lipinski definition) is 6. The minimum Gasteiger partial charge on any atom is -0.485 e. The first kappa shape index (κ1) is 19.4. The summed E-state index contributed by atoms with van der Waals surface area (Å²) in [4.78, 5) is 27.6. The Balaban J connectivity index is 1.90. The number of rotatable bonds is 10. The highest BCUT2D eigenvalue weighted by Gasteiger charge is 2.20. The highest BCUT2D eigenvalue weighted by molar-refractivity contribution is 5.96. The number of unbranched alkanes of at least 4 members (excludes halogenated alkanes) is 1. The fourth-order valence-electron chi connectivity index (χ4n) is 2.25. The lowest BCUT2D eigenvalue weighted by Crippen LogP contribution is -2.40. The Labute approximate surface area is 151 Å². The second kappa shape index (κ2) is 9.55. The molecule has 0 spiro atoms. The molecule has 2 rings (SSSR count). The third-order valence-electron chi connectivity index (χ3n) is 3.75. The smallest absolute Gasteiger partial charge is 0.326 e. The van der Waals surface area contributed by atoms with Gasteiger partial charge >= 0.3 is 5.97 Å². The van der Waals surface area contributed by atoms with Gasteiger partial charge in [0.15, 0.2) is 6.61 Å². The van der Waals surface area contributed by atoms with Crippen LogP contribution in [-0.2, 0) is 17.8 Å². The van der Waals surface area contributed by atoms with E-state index < -0.39 is 17.9 Å². The van der Waals surface area contributed by atoms with Crippen LogP contribution in [0.15, 0.2) is 28.8 Å². The Kier molecular flexibility index (Phi) is 7.13. The number of aromatic nitrogens is 2. The molecule has 1 aromatic heterocycles. The van der Waals surface area contributed by atoms with Crippen LogP contribution in [0.3, 0.4) is 0 Å². The van der Waals surface area contributed by atoms with Crippen molar-refractivity contribution in [2.75, 3.05) is 0 Å². The third-order valence-corrected chi connectivity index (χ3v) is 3.75. The standard InChI is InChI=1S/C18H23N3O5/c1-3-5-6-14(18(23)24)19-17(22)12-7-9-13(10-8-12)25-11-15-20-16(4-2)26-21-15/h7-10,14H,3-6,11H2,1-2H3,(H,19,22)(H,23,24)/t14-/m0/s1. The molecule has 0 radical (unpaired) electrons. The van der Waals surface area contributed by atoms with Crippen LogP contribution in [0.2, 0.25) is 0 Å². The number of carbonyl (C=O) groups excluding carboxylic acids is 1. The Morgan fingerprint density at radius 3 is 2.58 bits per heavy atom. The third kappa shape index (κ3) is 5.58. The summed E-state index contributed by atoms with van der Waals surface area (Å²) in [5, 5.41) is 15.5. The molecule has 1 aromatic carbocycles. The summed E-state index contributed by atoms with van der Waals surface area (Å²) in [7, 11) is 0. The summed E-state index contributed by atoms with van der Waals surface area (Å²) in [5.41, 5.74) is 0.368. The van der Waals surface area contributed by atoms with E-state index >= 15 is 0 Å². The maximum atomic E-state index is 12.2. The van der Waals surface area contributed by atoms with E-state index in [0.717, 1.165) is 12.8 Å². The first-order valence-electron chi connectivity index (χ1n) is 8.61. The fourth-order valence-corrected chi connectivity index (χ4v) is 2.25. The van der Waals surface area contributed by atoms with Gasteiger partial charge in [-0.05, 0) is 30.7 Å². The van der Waals surface area contributed by atoms with Gasteiger partial charge in [-0.15, -0.1) is 0 Å². The molecule has 26 heavy (non-hydrogen) atoms. The zero-order valence-electron chi connectivity index (χ0n) is 14.9. The molecule has 0 bridgehead atoms. The lowest BCUT2D eigenvalue weighted by molar-refractivity contribution is -0.139. The number of ether oxygens (including phenoxy) is 1. The van der Waals surface area contributed by atoms with Crippen molar-refractivity contribution in [2.45, 2.75) is 52.2 Å². The SMILES string of the molecule is CCCC[C@H](NC(=O)c1ccc(OCc2noc(CC)n2)cc1)C(=O)O. The topological polar surface area (TPSA) is 115 Å². The molecule has 8 heteroatoms. The average Bonchev–Trinajstić information content (AvgIpc) is 3.11. The van der Waals surface area contributed by atoms with Crippen molar-refractivity contribution in [1.82, 2.24) is 15.5 Å². The molecular formula is C18H23N3O5. The van der Waals surface area contributed by atoms with Crippen LogP contribution in [0.4, 0.5) is 0 Å². The van der Waals surface area contributed by atoms with Crippen molar-refractivity contribution in [3.63, 3.8) is 0 Å². The number of benzene rings is 1. The second-order valence-corrected chi connectivity index (χ2v) is 5.78. The summed E-state index contributed by atoms with van der Waals surface area (Å²) in [6, 6.07) is 5.55. The highest BCUT2D eigenvalue weighted by atomic mass is 16.5. The number of hydrogen-bond donors (Lipinski definition) is 2. The molecule has 1 atom stereocenters. The number of amides is 1. The van der Waals surface area contributed by atoms with Gasteiger partial charge in [-0.25, -0.2) is 4.79 Å². The molecule has 8 nitrogen and oxygen atoms in total. The van der Waals surface area contributed by atoms with E-state index in [1.54, 1.807) is 24.3 Å². The molecule has 140 valence electrons. The molecule has 0 unspecified atom stereocenters. The number of aryl methyl sites for hydroxylation is 1. The minimum atomic E-state index is -1.03. The maximum absolute atomic E-state index is 12.2. The molecule has 2 aromatic rings. The number of carbonyl (C=O) groups is 2. The van der Waals surface area contributed by atoms with Crippen molar-refractivity contribution in [3.05, 3.63) is 41.5 Å². The summed E-state index contributed by atoms with van der Waals surface area (Å²) >= 11 is 0. The Morgan fingerprint density at radius 1 is 1.27 bits per heavy atom. The Bertz CT molecular complexity index is 727. The van der Waals surface area contributed by atoms with Crippen LogP contribution in [0.25, 0.3) is 0 Å². The van der Waals surface area contributed by atoms with Crippen LogP contribution >= 0.6 is 0 Å². The minimum absolute atomic E-state index is 0.160. The van der Waals surface area contributed by atoms with Gasteiger partial charge < -0.3 is 19.7 Å². The molecular weight excluding hydrogens is 338 g/mol. The van der Waals surface area contributed by atoms with Gasteiger partial charge in [0.1, 0.15) is 11.8 Å². The molecule has 0 aliphatic rings. The number of carboxylic acids is 1. The summed E-state index contributed by atoms with van der Waals surface area (Å²) in [5.74, 6) is 0.0878. The van der Waals surface area contributed by atoms with Gasteiger partial charge in [-0.3, -0.25) is 4.79 Å². The van der Waals surface area contributed by atoms with E-state index in [0.29, 0.717) is 35.9 Å². The molecule has 1 amide bonds. The lowest BCUT2D eigenvalue weighted by Gasteiger charge is -2.14. The molecule has 0 aliphatic carbocycles. The van der Waals surface area contributed by atoms with Gasteiger partial charge in [0.05, 0.1) is 0 Å². The fraction of sp³-hybridized carbons (Fsp3) is 0.444. The van der Waals surface area contributed by atoms with Crippen molar-refractivity contribution in [3.8, 4) is 5.75 Å². The van der Waals surface area contributed by atoms with Crippen LogP contribution in [0.1, 0.15) is 55.2 Å². The predicted octanol–water partition coefficient (Wildman–Crippen LogP) is 2.58. The predicted molar refractivity (Wildman–Crippen MR) is 92.9 cm³/mol. The average molecular weight is 361 g/mol. The Morgan fingerprint density at radius 2 is 2.00 bits per heavy atom. The van der Waals surface area contributed by atoms with Gasteiger partial charge in [-0.1, -0.05) is 31.8 Å². The summed E-state index contributed by atoms with van der Waals surface area (Å²) < 4.78 is 10.5. The van der Waals surface area contributed by atoms with Crippen LogP contribution in [0, 0.1) is 0 Å². The maximum Gasteiger partial charge on any atom is 0.326 e. The van der Waals surface area contributed by atoms with Gasteiger partial charge in [0, 0.05) is 12.0 Å². The molecule has 0 aliphatic heterocycles. The van der Waals surface area contributed by atoms with E-state index in [4.69, 9.17) is 9.26 Å². The lowest BCUT2D eigenvalue weighted by atomic mass is 10.1. The molecule has 2 N–H and O–H groups in total. The van der Waals surface area contributed by atoms with Crippen molar-refractivity contribution in [1.29, 1.82) is 0 Å².